The summed E-state index contributed by atoms with van der Waals surface area (Å²) in [5, 5.41) is 13.1. The van der Waals surface area contributed by atoms with E-state index >= 15 is 0 Å². The van der Waals surface area contributed by atoms with E-state index in [0.29, 0.717) is 32.2 Å². The van der Waals surface area contributed by atoms with Gasteiger partial charge in [-0.05, 0) is 25.8 Å². The third kappa shape index (κ3) is 15.1. The molecule has 1 aliphatic heterocycles. The van der Waals surface area contributed by atoms with E-state index in [2.05, 4.69) is 15.0 Å². The monoisotopic (exact) mass is 727 g/mol. The minimum absolute atomic E-state index is 0.0672. The predicted octanol–water partition coefficient (Wildman–Crippen LogP) is 1.05. The molecule has 0 saturated carbocycles. The van der Waals surface area contributed by atoms with Crippen LogP contribution in [0.3, 0.4) is 0 Å². The summed E-state index contributed by atoms with van der Waals surface area (Å²) < 4.78 is 51.9. The maximum atomic E-state index is 13.0. The Morgan fingerprint density at radius 1 is 1.23 bits per heavy atom. The van der Waals surface area contributed by atoms with E-state index in [1.807, 2.05) is 0 Å². The molecule has 3 unspecified atom stereocenters. The van der Waals surface area contributed by atoms with Crippen LogP contribution in [0, 0.1) is 12.3 Å². The summed E-state index contributed by atoms with van der Waals surface area (Å²) in [6, 6.07) is 0. The average Bonchev–Trinajstić information content (AvgIpc) is 3.44. The second kappa shape index (κ2) is 23.5. The van der Waals surface area contributed by atoms with Gasteiger partial charge in [0.15, 0.2) is 0 Å². The zero-order valence-corrected chi connectivity index (χ0v) is 28.6. The molecule has 1 aliphatic rings. The minimum atomic E-state index is -4.83. The molecular formula is C26H42N5O15PS. The number of carbonyl (C=O) groups is 1. The molecule has 2 heterocycles. The first-order chi connectivity index (χ1) is 22.9. The van der Waals surface area contributed by atoms with E-state index in [4.69, 9.17) is 47.9 Å². The number of carbonyl (C=O) groups excluding carboxylic acids is 3. The molecule has 3 N–H and O–H groups in total. The molecule has 0 radical (unpaired) electrons. The molecule has 1 aromatic heterocycles. The van der Waals surface area contributed by atoms with E-state index in [1.165, 1.54) is 24.9 Å². The first-order valence-corrected chi connectivity index (χ1v) is 17.3. The molecule has 5 atom stereocenters. The SMILES string of the molecule is CCOC(=O)C(CC)(COCSCCOCCOCCN=[N+]=[N-])COP(=O)(O)OC1C[C@H](n2cc(C)c(=O)[nH]c2=O)O[C@@H]1CO.O=C=O. The molecule has 20 nitrogen and oxygen atoms in total. The summed E-state index contributed by atoms with van der Waals surface area (Å²) in [6.07, 6.45) is -1.67. The number of aromatic nitrogens is 2. The van der Waals surface area contributed by atoms with Crippen molar-refractivity contribution in [3.8, 4) is 0 Å². The Bertz CT molecular complexity index is 1370. The molecule has 22 heteroatoms. The average molecular weight is 728 g/mol. The van der Waals surface area contributed by atoms with Gasteiger partial charge in [-0.2, -0.15) is 9.59 Å². The van der Waals surface area contributed by atoms with Gasteiger partial charge in [0.05, 0.1) is 58.8 Å². The minimum Gasteiger partial charge on any atom is -0.465 e. The van der Waals surface area contributed by atoms with Crippen LogP contribution in [0.25, 0.3) is 10.4 Å². The molecule has 1 aromatic rings. The van der Waals surface area contributed by atoms with Crippen molar-refractivity contribution in [1.82, 2.24) is 9.55 Å². The van der Waals surface area contributed by atoms with Crippen LogP contribution in [-0.4, -0.2) is 115 Å². The largest absolute Gasteiger partial charge is 0.472 e. The Morgan fingerprint density at radius 2 is 1.92 bits per heavy atom. The topological polar surface area (TPSA) is 277 Å². The van der Waals surface area contributed by atoms with Crippen LogP contribution in [0.5, 0.6) is 0 Å². The molecule has 0 amide bonds. The molecule has 0 spiro atoms. The van der Waals surface area contributed by atoms with Crippen LogP contribution in [0.1, 0.15) is 38.5 Å². The number of nitrogens with zero attached hydrogens (tertiary/aromatic N) is 4. The van der Waals surface area contributed by atoms with Gasteiger partial charge in [0.2, 0.25) is 0 Å². The number of hydrogen-bond acceptors (Lipinski definition) is 16. The Kier molecular flexibility index (Phi) is 21.1. The van der Waals surface area contributed by atoms with E-state index < -0.39 is 62.1 Å². The number of thioether (sulfide) groups is 1. The molecule has 2 rings (SSSR count). The van der Waals surface area contributed by atoms with Gasteiger partial charge in [-0.3, -0.25) is 28.2 Å². The van der Waals surface area contributed by atoms with E-state index in [0.717, 1.165) is 4.57 Å². The highest BCUT2D eigenvalue weighted by atomic mass is 32.2. The van der Waals surface area contributed by atoms with Gasteiger partial charge < -0.3 is 33.7 Å². The van der Waals surface area contributed by atoms with Gasteiger partial charge in [-0.25, -0.2) is 9.36 Å². The van der Waals surface area contributed by atoms with Crippen molar-refractivity contribution in [3.63, 3.8) is 0 Å². The lowest BCUT2D eigenvalue weighted by Gasteiger charge is -2.30. The number of aliphatic hydroxyl groups excluding tert-OH is 1. The Labute approximate surface area is 279 Å². The number of phosphoric acid groups is 1. The summed E-state index contributed by atoms with van der Waals surface area (Å²) in [4.78, 5) is 68.5. The van der Waals surface area contributed by atoms with Crippen LogP contribution in [0.15, 0.2) is 20.9 Å². The molecular weight excluding hydrogens is 685 g/mol. The van der Waals surface area contributed by atoms with E-state index in [9.17, 15) is 28.9 Å². The van der Waals surface area contributed by atoms with Crippen LogP contribution in [0.4, 0.5) is 0 Å². The van der Waals surface area contributed by atoms with Crippen molar-refractivity contribution in [2.45, 2.75) is 52.0 Å². The molecule has 0 aliphatic carbocycles. The maximum absolute atomic E-state index is 13.0. The molecule has 0 aromatic carbocycles. The fourth-order valence-electron chi connectivity index (χ4n) is 4.09. The molecule has 48 heavy (non-hydrogen) atoms. The lowest BCUT2D eigenvalue weighted by molar-refractivity contribution is -0.191. The summed E-state index contributed by atoms with van der Waals surface area (Å²) >= 11 is 1.41. The summed E-state index contributed by atoms with van der Waals surface area (Å²) in [7, 11) is -4.83. The number of nitrogens with one attached hydrogen (secondary N) is 1. The highest BCUT2D eigenvalue weighted by Crippen LogP contribution is 2.49. The summed E-state index contributed by atoms with van der Waals surface area (Å²) in [6.45, 7) is 5.28. The van der Waals surface area contributed by atoms with Gasteiger partial charge in [-0.1, -0.05) is 12.0 Å². The lowest BCUT2D eigenvalue weighted by Crippen LogP contribution is -2.41. The number of ether oxygens (including phenoxy) is 5. The standard InChI is InChI=1S/C25H42N5O13PS.CO2/c1-4-25(23(33)40-5-2,15-39-17-45-11-10-38-9-8-37-7-6-27-29-26)16-41-44(35,36)43-19-12-21(42-20(19)14-31)30-13-18(3)22(32)28-24(30)34;2-1-3/h13,19-21,31H,4-12,14-17H2,1-3H3,(H,35,36)(H,28,32,34);/t19?,20-,21-,25?;/m1./s1. The number of H-pyrrole nitrogens is 1. The van der Waals surface area contributed by atoms with Gasteiger partial charge in [0, 0.05) is 35.4 Å². The number of phosphoric ester groups is 1. The highest BCUT2D eigenvalue weighted by Gasteiger charge is 2.45. The smallest absolute Gasteiger partial charge is 0.465 e. The van der Waals surface area contributed by atoms with Crippen molar-refractivity contribution in [1.29, 1.82) is 0 Å². The Hall–Kier alpha value is -2.90. The van der Waals surface area contributed by atoms with Crippen molar-refractivity contribution >= 4 is 31.7 Å². The van der Waals surface area contributed by atoms with Gasteiger partial charge in [-0.15, -0.1) is 11.8 Å². The Balaban J connectivity index is 0.00000369. The molecule has 272 valence electrons. The van der Waals surface area contributed by atoms with Crippen molar-refractivity contribution < 1.29 is 61.7 Å². The van der Waals surface area contributed by atoms with Gasteiger partial charge in [0.25, 0.3) is 5.56 Å². The summed E-state index contributed by atoms with van der Waals surface area (Å²) in [5.74, 6) is 0.115. The van der Waals surface area contributed by atoms with Crippen LogP contribution in [0.2, 0.25) is 0 Å². The first-order valence-electron chi connectivity index (χ1n) is 14.7. The molecule has 0 bridgehead atoms. The second-order valence-electron chi connectivity index (χ2n) is 9.90. The lowest BCUT2D eigenvalue weighted by atomic mass is 9.87. The van der Waals surface area contributed by atoms with Crippen LogP contribution < -0.4 is 11.2 Å². The number of aryl methyl sites for hydroxylation is 1. The zero-order valence-electron chi connectivity index (χ0n) is 26.8. The second-order valence-corrected chi connectivity index (χ2v) is 12.4. The fourth-order valence-corrected chi connectivity index (χ4v) is 5.68. The number of aromatic amines is 1. The third-order valence-electron chi connectivity index (χ3n) is 6.66. The fraction of sp³-hybridized carbons (Fsp3) is 0.769. The van der Waals surface area contributed by atoms with Gasteiger partial charge in [0.1, 0.15) is 23.9 Å². The molecule has 1 fully saturated rings. The van der Waals surface area contributed by atoms with Crippen LogP contribution in [-0.2, 0) is 51.7 Å². The number of rotatable bonds is 23. The number of aliphatic hydroxyl groups is 1. The highest BCUT2D eigenvalue weighted by molar-refractivity contribution is 7.99. The van der Waals surface area contributed by atoms with Crippen molar-refractivity contribution in [2.24, 2.45) is 10.5 Å². The van der Waals surface area contributed by atoms with Crippen molar-refractivity contribution in [3.05, 3.63) is 43.0 Å². The van der Waals surface area contributed by atoms with E-state index in [1.54, 1.807) is 13.8 Å². The quantitative estimate of drug-likeness (QED) is 0.0270. The maximum Gasteiger partial charge on any atom is 0.472 e. The number of hydrogen-bond donors (Lipinski definition) is 3. The summed E-state index contributed by atoms with van der Waals surface area (Å²) in [5.41, 5.74) is 5.70. The van der Waals surface area contributed by atoms with Crippen LogP contribution >= 0.6 is 19.6 Å². The zero-order chi connectivity index (χ0) is 36.0. The molecule has 1 saturated heterocycles. The van der Waals surface area contributed by atoms with E-state index in [-0.39, 0.29) is 50.3 Å². The normalized spacial score (nSPS) is 19.6. The number of azide groups is 1. The predicted molar refractivity (Wildman–Crippen MR) is 166 cm³/mol. The first kappa shape index (κ1) is 43.1. The number of esters is 1. The van der Waals surface area contributed by atoms with Gasteiger partial charge >= 0.3 is 25.6 Å². The third-order valence-corrected chi connectivity index (χ3v) is 8.44. The Morgan fingerprint density at radius 3 is 2.54 bits per heavy atom. The van der Waals surface area contributed by atoms with Crippen molar-refractivity contribution in [2.75, 3.05) is 71.1 Å².